The molecule has 0 radical (unpaired) electrons. The summed E-state index contributed by atoms with van der Waals surface area (Å²) in [5.41, 5.74) is 2.07. The first-order valence-electron chi connectivity index (χ1n) is 4.82. The van der Waals surface area contributed by atoms with Gasteiger partial charge < -0.3 is 4.74 Å². The zero-order valence-corrected chi connectivity index (χ0v) is 8.73. The average molecular weight is 204 g/mol. The van der Waals surface area contributed by atoms with Crippen LogP contribution in [0, 0.1) is 0 Å². The molecule has 2 aromatic rings. The van der Waals surface area contributed by atoms with Crippen LogP contribution < -0.4 is 0 Å². The molecular weight excluding hydrogens is 192 g/mol. The second-order valence-electron chi connectivity index (χ2n) is 3.18. The molecule has 15 heavy (non-hydrogen) atoms. The molecule has 2 heterocycles. The van der Waals surface area contributed by atoms with Crippen molar-refractivity contribution in [1.29, 1.82) is 0 Å². The normalized spacial score (nSPS) is 10.5. The topological polar surface area (TPSA) is 43.6 Å². The quantitative estimate of drug-likeness (QED) is 0.699. The molecule has 0 aliphatic carbocycles. The van der Waals surface area contributed by atoms with Gasteiger partial charge in [0.2, 0.25) is 0 Å². The summed E-state index contributed by atoms with van der Waals surface area (Å²) in [6.45, 7) is 1.97. The number of hydrogen-bond acceptors (Lipinski definition) is 3. The van der Waals surface area contributed by atoms with Gasteiger partial charge in [-0.3, -0.25) is 4.40 Å². The molecule has 78 valence electrons. The van der Waals surface area contributed by atoms with Crippen LogP contribution in [0.1, 0.15) is 23.1 Å². The van der Waals surface area contributed by atoms with Crippen LogP contribution in [0.3, 0.4) is 0 Å². The average Bonchev–Trinajstić information content (AvgIpc) is 2.66. The van der Waals surface area contributed by atoms with Crippen molar-refractivity contribution in [2.75, 3.05) is 7.11 Å². The number of carbonyl (C=O) groups is 1. The Balaban J connectivity index is 2.72. The number of aryl methyl sites for hydroxylation is 1. The van der Waals surface area contributed by atoms with Crippen molar-refractivity contribution in [3.8, 4) is 0 Å². The van der Waals surface area contributed by atoms with Gasteiger partial charge in [-0.2, -0.15) is 0 Å². The third kappa shape index (κ3) is 1.48. The molecule has 0 aromatic carbocycles. The maximum absolute atomic E-state index is 11.6. The Morgan fingerprint density at radius 1 is 1.53 bits per heavy atom. The number of methoxy groups -OCH3 is 1. The summed E-state index contributed by atoms with van der Waals surface area (Å²) >= 11 is 0. The fourth-order valence-corrected chi connectivity index (χ4v) is 1.60. The van der Waals surface area contributed by atoms with E-state index in [1.165, 1.54) is 7.11 Å². The molecular formula is C11H12N2O2. The van der Waals surface area contributed by atoms with E-state index in [0.717, 1.165) is 11.3 Å². The van der Waals surface area contributed by atoms with Gasteiger partial charge in [-0.15, -0.1) is 0 Å². The van der Waals surface area contributed by atoms with E-state index in [1.54, 1.807) is 4.40 Å². The predicted octanol–water partition coefficient (Wildman–Crippen LogP) is 1.68. The smallest absolute Gasteiger partial charge is 0.357 e. The molecule has 0 saturated heterocycles. The van der Waals surface area contributed by atoms with Gasteiger partial charge in [0.05, 0.1) is 12.8 Å². The Bertz CT molecular complexity index is 502. The summed E-state index contributed by atoms with van der Waals surface area (Å²) < 4.78 is 6.50. The number of rotatable bonds is 2. The van der Waals surface area contributed by atoms with Crippen molar-refractivity contribution in [3.63, 3.8) is 0 Å². The number of ether oxygens (including phenoxy) is 1. The highest BCUT2D eigenvalue weighted by molar-refractivity contribution is 5.90. The van der Waals surface area contributed by atoms with Gasteiger partial charge in [0.1, 0.15) is 5.65 Å². The Kier molecular flexibility index (Phi) is 2.41. The first-order valence-corrected chi connectivity index (χ1v) is 4.82. The number of fused-ring (bicyclic) bond motifs is 1. The molecule has 0 bridgehead atoms. The SMILES string of the molecule is CCc1nc2ccccn2c1C(=O)OC. The second-order valence-corrected chi connectivity index (χ2v) is 3.18. The van der Waals surface area contributed by atoms with Crippen LogP contribution in [-0.4, -0.2) is 22.5 Å². The molecule has 0 aliphatic rings. The third-order valence-corrected chi connectivity index (χ3v) is 2.32. The lowest BCUT2D eigenvalue weighted by molar-refractivity contribution is 0.0591. The van der Waals surface area contributed by atoms with Crippen molar-refractivity contribution in [2.45, 2.75) is 13.3 Å². The van der Waals surface area contributed by atoms with Gasteiger partial charge in [0.15, 0.2) is 5.69 Å². The lowest BCUT2D eigenvalue weighted by atomic mass is 10.2. The number of nitrogens with zero attached hydrogens (tertiary/aromatic N) is 2. The molecule has 2 aromatic heterocycles. The summed E-state index contributed by atoms with van der Waals surface area (Å²) in [5.74, 6) is -0.342. The molecule has 4 heteroatoms. The highest BCUT2D eigenvalue weighted by Gasteiger charge is 2.17. The van der Waals surface area contributed by atoms with E-state index in [2.05, 4.69) is 4.98 Å². The fourth-order valence-electron chi connectivity index (χ4n) is 1.60. The summed E-state index contributed by atoms with van der Waals surface area (Å²) in [4.78, 5) is 15.9. The van der Waals surface area contributed by atoms with Gasteiger partial charge in [-0.25, -0.2) is 9.78 Å². The lowest BCUT2D eigenvalue weighted by Gasteiger charge is -2.00. The van der Waals surface area contributed by atoms with Crippen LogP contribution in [0.25, 0.3) is 5.65 Å². The van der Waals surface area contributed by atoms with E-state index in [9.17, 15) is 4.79 Å². The van der Waals surface area contributed by atoms with E-state index >= 15 is 0 Å². The van der Waals surface area contributed by atoms with Crippen LogP contribution in [0.4, 0.5) is 0 Å². The summed E-state index contributed by atoms with van der Waals surface area (Å²) in [5, 5.41) is 0. The van der Waals surface area contributed by atoms with E-state index in [-0.39, 0.29) is 5.97 Å². The number of aromatic nitrogens is 2. The van der Waals surface area contributed by atoms with E-state index in [0.29, 0.717) is 12.1 Å². The van der Waals surface area contributed by atoms with Gasteiger partial charge in [-0.1, -0.05) is 13.0 Å². The number of esters is 1. The van der Waals surface area contributed by atoms with Crippen LogP contribution >= 0.6 is 0 Å². The predicted molar refractivity (Wildman–Crippen MR) is 55.9 cm³/mol. The van der Waals surface area contributed by atoms with Crippen molar-refractivity contribution in [2.24, 2.45) is 0 Å². The Morgan fingerprint density at radius 3 is 3.00 bits per heavy atom. The highest BCUT2D eigenvalue weighted by Crippen LogP contribution is 2.13. The zero-order chi connectivity index (χ0) is 10.8. The maximum atomic E-state index is 11.6. The van der Waals surface area contributed by atoms with E-state index < -0.39 is 0 Å². The third-order valence-electron chi connectivity index (χ3n) is 2.32. The highest BCUT2D eigenvalue weighted by atomic mass is 16.5. The van der Waals surface area contributed by atoms with Gasteiger partial charge in [-0.05, 0) is 18.6 Å². The molecule has 0 atom stereocenters. The first-order chi connectivity index (χ1) is 7.27. The molecule has 2 rings (SSSR count). The summed E-state index contributed by atoms with van der Waals surface area (Å²) in [7, 11) is 1.38. The van der Waals surface area contributed by atoms with Crippen LogP contribution in [0.2, 0.25) is 0 Å². The summed E-state index contributed by atoms with van der Waals surface area (Å²) in [6, 6.07) is 5.62. The number of carbonyl (C=O) groups excluding carboxylic acids is 1. The molecule has 0 N–H and O–H groups in total. The second kappa shape index (κ2) is 3.73. The fraction of sp³-hybridized carbons (Fsp3) is 0.273. The largest absolute Gasteiger partial charge is 0.464 e. The van der Waals surface area contributed by atoms with Gasteiger partial charge in [0, 0.05) is 6.20 Å². The summed E-state index contributed by atoms with van der Waals surface area (Å²) in [6.07, 6.45) is 2.53. The minimum absolute atomic E-state index is 0.342. The Hall–Kier alpha value is -1.84. The monoisotopic (exact) mass is 204 g/mol. The molecule has 0 spiro atoms. The first kappa shape index (κ1) is 9.71. The van der Waals surface area contributed by atoms with Gasteiger partial charge >= 0.3 is 5.97 Å². The van der Waals surface area contributed by atoms with Gasteiger partial charge in [0.25, 0.3) is 0 Å². The van der Waals surface area contributed by atoms with Crippen molar-refractivity contribution in [3.05, 3.63) is 35.8 Å². The van der Waals surface area contributed by atoms with Crippen LogP contribution in [-0.2, 0) is 11.2 Å². The molecule has 0 fully saturated rings. The molecule has 4 nitrogen and oxygen atoms in total. The number of imidazole rings is 1. The minimum atomic E-state index is -0.342. The Morgan fingerprint density at radius 2 is 2.33 bits per heavy atom. The maximum Gasteiger partial charge on any atom is 0.357 e. The van der Waals surface area contributed by atoms with Crippen molar-refractivity contribution >= 4 is 11.6 Å². The van der Waals surface area contributed by atoms with Crippen molar-refractivity contribution in [1.82, 2.24) is 9.38 Å². The van der Waals surface area contributed by atoms with Crippen LogP contribution in [0.15, 0.2) is 24.4 Å². The number of hydrogen-bond donors (Lipinski definition) is 0. The lowest BCUT2D eigenvalue weighted by Crippen LogP contribution is -2.07. The standard InChI is InChI=1S/C11H12N2O2/c1-3-8-10(11(14)15-2)13-7-5-4-6-9(13)12-8/h4-7H,3H2,1-2H3. The van der Waals surface area contributed by atoms with E-state index in [4.69, 9.17) is 4.74 Å². The number of pyridine rings is 1. The molecule has 0 saturated carbocycles. The van der Waals surface area contributed by atoms with Crippen molar-refractivity contribution < 1.29 is 9.53 Å². The zero-order valence-electron chi connectivity index (χ0n) is 8.73. The molecule has 0 unspecified atom stereocenters. The van der Waals surface area contributed by atoms with E-state index in [1.807, 2.05) is 31.3 Å². The van der Waals surface area contributed by atoms with Crippen LogP contribution in [0.5, 0.6) is 0 Å². The molecule has 0 aliphatic heterocycles. The Labute approximate surface area is 87.5 Å². The minimum Gasteiger partial charge on any atom is -0.464 e. The molecule has 0 amide bonds.